The first-order valence-corrected chi connectivity index (χ1v) is 5.68. The van der Waals surface area contributed by atoms with E-state index in [1.807, 2.05) is 6.07 Å². The molecule has 0 aromatic heterocycles. The molecule has 2 nitrogen and oxygen atoms in total. The van der Waals surface area contributed by atoms with E-state index in [0.717, 1.165) is 17.3 Å². The molecule has 0 saturated heterocycles. The number of benzene rings is 1. The quantitative estimate of drug-likeness (QED) is 0.605. The van der Waals surface area contributed by atoms with E-state index >= 15 is 0 Å². The molecular weight excluding hydrogens is 240 g/mol. The summed E-state index contributed by atoms with van der Waals surface area (Å²) in [5, 5.41) is 0.849. The summed E-state index contributed by atoms with van der Waals surface area (Å²) in [6.07, 6.45) is 0.852. The van der Waals surface area contributed by atoms with Crippen molar-refractivity contribution in [1.82, 2.24) is 0 Å². The van der Waals surface area contributed by atoms with Gasteiger partial charge in [0.15, 0.2) is 0 Å². The van der Waals surface area contributed by atoms with E-state index in [1.165, 1.54) is 0 Å². The zero-order valence-corrected chi connectivity index (χ0v) is 8.73. The highest BCUT2D eigenvalue weighted by Crippen LogP contribution is 2.09. The van der Waals surface area contributed by atoms with Crippen LogP contribution in [0.15, 0.2) is 29.2 Å². The average molecular weight is 248 g/mol. The predicted molar refractivity (Wildman–Crippen MR) is 51.1 cm³/mol. The molecule has 4 heteroatoms. The summed E-state index contributed by atoms with van der Waals surface area (Å²) in [6.45, 7) is 0. The molecule has 0 aliphatic carbocycles. The van der Waals surface area contributed by atoms with Crippen LogP contribution in [0.4, 0.5) is 0 Å². The van der Waals surface area contributed by atoms with Crippen molar-refractivity contribution in [3.8, 4) is 0 Å². The van der Waals surface area contributed by atoms with Gasteiger partial charge in [-0.2, -0.15) is 0 Å². The first-order valence-electron chi connectivity index (χ1n) is 3.48. The number of hydrogen-bond acceptors (Lipinski definition) is 2. The van der Waals surface area contributed by atoms with Crippen LogP contribution in [0, 0.1) is 0 Å². The molecule has 0 spiro atoms. The number of halogens is 1. The van der Waals surface area contributed by atoms with Gasteiger partial charge in [0, 0.05) is 10.2 Å². The van der Waals surface area contributed by atoms with Crippen molar-refractivity contribution in [2.24, 2.45) is 0 Å². The lowest BCUT2D eigenvalue weighted by molar-refractivity contribution is 0.537. The number of rotatable bonds is 3. The van der Waals surface area contributed by atoms with Crippen LogP contribution >= 0.6 is 15.9 Å². The molecule has 0 N–H and O–H groups in total. The Kier molecular flexibility index (Phi) is 3.91. The molecule has 0 heterocycles. The van der Waals surface area contributed by atoms with Gasteiger partial charge >= 0.3 is 0 Å². The molecule has 66 valence electrons. The molecule has 0 aliphatic rings. The van der Waals surface area contributed by atoms with Crippen molar-refractivity contribution in [3.63, 3.8) is 0 Å². The number of alkyl halides is 1. The molecule has 12 heavy (non-hydrogen) atoms. The van der Waals surface area contributed by atoms with Gasteiger partial charge in [-0.05, 0) is 35.2 Å². The van der Waals surface area contributed by atoms with Crippen LogP contribution in [0.3, 0.4) is 0 Å². The average Bonchev–Trinajstić information content (AvgIpc) is 2.05. The fraction of sp³-hybridized carbons (Fsp3) is 0.250. The molecule has 1 aromatic carbocycles. The highest BCUT2D eigenvalue weighted by Gasteiger charge is 1.94. The Morgan fingerprint density at radius 3 is 2.83 bits per heavy atom. The molecule has 0 aliphatic heterocycles. The minimum absolute atomic E-state index is 0.355. The van der Waals surface area contributed by atoms with Crippen molar-refractivity contribution in [1.29, 1.82) is 0 Å². The Morgan fingerprint density at radius 1 is 1.50 bits per heavy atom. The van der Waals surface area contributed by atoms with E-state index in [1.54, 1.807) is 18.2 Å². The lowest BCUT2D eigenvalue weighted by Crippen LogP contribution is -1.91. The van der Waals surface area contributed by atoms with Crippen LogP contribution < -0.4 is 0 Å². The Balaban J connectivity index is 2.88. The Labute approximate surface area is 82.4 Å². The number of hydrogen-bond donors (Lipinski definition) is 0. The molecule has 1 atom stereocenters. The SMILES string of the molecule is O=S([O-])c1cccc(CCBr)c1. The predicted octanol–water partition coefficient (Wildman–Crippen LogP) is 1.86. The van der Waals surface area contributed by atoms with Crippen LogP contribution in [0.1, 0.15) is 5.56 Å². The normalized spacial score (nSPS) is 12.8. The van der Waals surface area contributed by atoms with Crippen molar-refractivity contribution in [2.45, 2.75) is 11.3 Å². The van der Waals surface area contributed by atoms with Gasteiger partial charge in [0.25, 0.3) is 0 Å². The second-order valence-corrected chi connectivity index (χ2v) is 4.05. The molecule has 0 fully saturated rings. The third kappa shape index (κ3) is 2.69. The van der Waals surface area contributed by atoms with Crippen LogP contribution in [-0.2, 0) is 17.5 Å². The first-order chi connectivity index (χ1) is 5.74. The van der Waals surface area contributed by atoms with E-state index in [9.17, 15) is 8.76 Å². The third-order valence-electron chi connectivity index (χ3n) is 1.47. The van der Waals surface area contributed by atoms with E-state index < -0.39 is 11.1 Å². The van der Waals surface area contributed by atoms with Crippen molar-refractivity contribution >= 4 is 27.0 Å². The number of aryl methyl sites for hydroxylation is 1. The molecule has 0 amide bonds. The van der Waals surface area contributed by atoms with Crippen molar-refractivity contribution < 1.29 is 8.76 Å². The highest BCUT2D eigenvalue weighted by molar-refractivity contribution is 9.09. The van der Waals surface area contributed by atoms with Gasteiger partial charge in [0.1, 0.15) is 0 Å². The minimum atomic E-state index is -2.11. The Morgan fingerprint density at radius 2 is 2.25 bits per heavy atom. The maximum atomic E-state index is 10.5. The summed E-state index contributed by atoms with van der Waals surface area (Å²) in [5.41, 5.74) is 1.04. The zero-order valence-electron chi connectivity index (χ0n) is 6.33. The maximum Gasteiger partial charge on any atom is 0.0251 e. The van der Waals surface area contributed by atoms with Gasteiger partial charge in [-0.3, -0.25) is 4.21 Å². The monoisotopic (exact) mass is 247 g/mol. The van der Waals surface area contributed by atoms with Crippen LogP contribution in [0.25, 0.3) is 0 Å². The molecule has 0 bridgehead atoms. The second kappa shape index (κ2) is 4.74. The van der Waals surface area contributed by atoms with E-state index in [4.69, 9.17) is 0 Å². The largest absolute Gasteiger partial charge is 0.768 e. The van der Waals surface area contributed by atoms with Crippen LogP contribution in [0.5, 0.6) is 0 Å². The molecule has 1 aromatic rings. The van der Waals surface area contributed by atoms with Gasteiger partial charge in [-0.1, -0.05) is 28.1 Å². The summed E-state index contributed by atoms with van der Waals surface area (Å²) in [4.78, 5) is 0.355. The lowest BCUT2D eigenvalue weighted by atomic mass is 10.2. The van der Waals surface area contributed by atoms with Gasteiger partial charge in [-0.25, -0.2) is 0 Å². The standard InChI is InChI=1S/C8H9BrO2S/c9-5-4-7-2-1-3-8(6-7)12(10)11/h1-3,6H,4-5H2,(H,10,11)/p-1. The molecule has 1 rings (SSSR count). The van der Waals surface area contributed by atoms with E-state index in [-0.39, 0.29) is 0 Å². The second-order valence-electron chi connectivity index (χ2n) is 2.32. The summed E-state index contributed by atoms with van der Waals surface area (Å²) in [7, 11) is 0. The molecule has 0 radical (unpaired) electrons. The first kappa shape index (κ1) is 9.89. The Bertz CT molecular complexity index is 288. The summed E-state index contributed by atoms with van der Waals surface area (Å²) >= 11 is 1.19. The van der Waals surface area contributed by atoms with Gasteiger partial charge in [0.2, 0.25) is 0 Å². The van der Waals surface area contributed by atoms with Crippen molar-refractivity contribution in [3.05, 3.63) is 29.8 Å². The maximum absolute atomic E-state index is 10.5. The zero-order chi connectivity index (χ0) is 8.97. The Hall–Kier alpha value is -0.190. The van der Waals surface area contributed by atoms with E-state index in [0.29, 0.717) is 4.90 Å². The fourth-order valence-corrected chi connectivity index (χ4v) is 1.81. The highest BCUT2D eigenvalue weighted by atomic mass is 79.9. The summed E-state index contributed by atoms with van der Waals surface area (Å²) < 4.78 is 21.1. The summed E-state index contributed by atoms with van der Waals surface area (Å²) in [5.74, 6) is 0. The van der Waals surface area contributed by atoms with Gasteiger partial charge < -0.3 is 4.55 Å². The topological polar surface area (TPSA) is 40.1 Å². The summed E-state index contributed by atoms with van der Waals surface area (Å²) in [6, 6.07) is 6.94. The fourth-order valence-electron chi connectivity index (χ4n) is 0.914. The molecular formula is C8H8BrO2S-. The lowest BCUT2D eigenvalue weighted by Gasteiger charge is -2.06. The van der Waals surface area contributed by atoms with Gasteiger partial charge in [0.05, 0.1) is 0 Å². The molecule has 0 saturated carbocycles. The third-order valence-corrected chi connectivity index (χ3v) is 2.51. The van der Waals surface area contributed by atoms with Crippen molar-refractivity contribution in [2.75, 3.05) is 5.33 Å². The minimum Gasteiger partial charge on any atom is -0.768 e. The van der Waals surface area contributed by atoms with Crippen LogP contribution in [-0.4, -0.2) is 14.1 Å². The molecule has 1 unspecified atom stereocenters. The van der Waals surface area contributed by atoms with Crippen LogP contribution in [0.2, 0.25) is 0 Å². The van der Waals surface area contributed by atoms with Gasteiger partial charge in [-0.15, -0.1) is 0 Å². The van der Waals surface area contributed by atoms with E-state index in [2.05, 4.69) is 15.9 Å². The smallest absolute Gasteiger partial charge is 0.0251 e.